The van der Waals surface area contributed by atoms with E-state index in [0.29, 0.717) is 11.3 Å². The Morgan fingerprint density at radius 3 is 2.47 bits per heavy atom. The first kappa shape index (κ1) is 9.68. The lowest BCUT2D eigenvalue weighted by Crippen LogP contribution is -2.58. The molecule has 3 fully saturated rings. The fourth-order valence-corrected chi connectivity index (χ4v) is 4.54. The van der Waals surface area contributed by atoms with Crippen LogP contribution in [0, 0.1) is 11.3 Å². The van der Waals surface area contributed by atoms with Crippen molar-refractivity contribution in [2.24, 2.45) is 11.3 Å². The zero-order chi connectivity index (χ0) is 10.5. The Morgan fingerprint density at radius 2 is 1.87 bits per heavy atom. The summed E-state index contributed by atoms with van der Waals surface area (Å²) in [6, 6.07) is 0. The highest BCUT2D eigenvalue weighted by Crippen LogP contribution is 2.61. The van der Waals surface area contributed by atoms with Gasteiger partial charge in [0, 0.05) is 17.4 Å². The first-order valence-corrected chi connectivity index (χ1v) is 6.47. The quantitative estimate of drug-likeness (QED) is 0.650. The molecule has 2 nitrogen and oxygen atoms in total. The highest BCUT2D eigenvalue weighted by atomic mass is 16.2. The molecule has 2 heteroatoms. The molecule has 3 rings (SSSR count). The van der Waals surface area contributed by atoms with Crippen LogP contribution in [0.1, 0.15) is 58.3 Å². The van der Waals surface area contributed by atoms with Gasteiger partial charge in [-0.1, -0.05) is 26.2 Å². The number of hydrogen-bond acceptors (Lipinski definition) is 1. The van der Waals surface area contributed by atoms with Crippen LogP contribution in [0.3, 0.4) is 0 Å². The number of rotatable bonds is 0. The number of carbonyl (C=O) groups is 1. The molecule has 0 aromatic heterocycles. The topological polar surface area (TPSA) is 29.1 Å². The van der Waals surface area contributed by atoms with E-state index < -0.39 is 0 Å². The van der Waals surface area contributed by atoms with E-state index in [9.17, 15) is 4.79 Å². The average molecular weight is 207 g/mol. The standard InChI is InChI=1S/C13H21NO/c1-10-7-12(8-10)9-11(15)14-13(12)5-3-2-4-6-13/h10H,2-9H2,1H3,(H,14,15). The molecule has 0 unspecified atom stereocenters. The van der Waals surface area contributed by atoms with Crippen molar-refractivity contribution in [1.29, 1.82) is 0 Å². The van der Waals surface area contributed by atoms with Crippen molar-refractivity contribution in [2.45, 2.75) is 63.8 Å². The highest BCUT2D eigenvalue weighted by molar-refractivity contribution is 5.81. The maximum absolute atomic E-state index is 11.7. The molecule has 1 heterocycles. The summed E-state index contributed by atoms with van der Waals surface area (Å²) in [6.07, 6.45) is 9.86. The van der Waals surface area contributed by atoms with Crippen LogP contribution in [-0.4, -0.2) is 11.4 Å². The first-order valence-electron chi connectivity index (χ1n) is 6.47. The summed E-state index contributed by atoms with van der Waals surface area (Å²) in [5, 5.41) is 3.34. The molecule has 2 saturated carbocycles. The molecule has 84 valence electrons. The third-order valence-electron chi connectivity index (χ3n) is 5.08. The number of nitrogens with one attached hydrogen (secondary N) is 1. The normalized spacial score (nSPS) is 43.0. The predicted molar refractivity (Wildman–Crippen MR) is 59.4 cm³/mol. The predicted octanol–water partition coefficient (Wildman–Crippen LogP) is 2.63. The van der Waals surface area contributed by atoms with Crippen LogP contribution >= 0.6 is 0 Å². The summed E-state index contributed by atoms with van der Waals surface area (Å²) in [5.41, 5.74) is 0.582. The van der Waals surface area contributed by atoms with E-state index >= 15 is 0 Å². The molecule has 0 radical (unpaired) electrons. The lowest BCUT2D eigenvalue weighted by Gasteiger charge is -2.55. The van der Waals surface area contributed by atoms with E-state index in [-0.39, 0.29) is 5.54 Å². The van der Waals surface area contributed by atoms with E-state index in [4.69, 9.17) is 0 Å². The smallest absolute Gasteiger partial charge is 0.221 e. The maximum atomic E-state index is 11.7. The Labute approximate surface area is 91.8 Å². The molecule has 1 amide bonds. The van der Waals surface area contributed by atoms with Gasteiger partial charge in [0.1, 0.15) is 0 Å². The van der Waals surface area contributed by atoms with Crippen LogP contribution in [0.25, 0.3) is 0 Å². The van der Waals surface area contributed by atoms with E-state index in [1.165, 1.54) is 44.9 Å². The Bertz CT molecular complexity index is 285. The van der Waals surface area contributed by atoms with Gasteiger partial charge in [-0.25, -0.2) is 0 Å². The Morgan fingerprint density at radius 1 is 1.20 bits per heavy atom. The molecule has 1 aliphatic heterocycles. The number of amides is 1. The molecular formula is C13H21NO. The van der Waals surface area contributed by atoms with Crippen molar-refractivity contribution >= 4 is 5.91 Å². The average Bonchev–Trinajstić information content (AvgIpc) is 2.40. The lowest BCUT2D eigenvalue weighted by molar-refractivity contribution is -0.120. The van der Waals surface area contributed by atoms with E-state index in [0.717, 1.165) is 12.3 Å². The van der Waals surface area contributed by atoms with E-state index in [1.54, 1.807) is 0 Å². The van der Waals surface area contributed by atoms with Crippen LogP contribution in [-0.2, 0) is 4.79 Å². The fraction of sp³-hybridized carbons (Fsp3) is 0.923. The molecule has 2 spiro atoms. The van der Waals surface area contributed by atoms with Crippen molar-refractivity contribution in [1.82, 2.24) is 5.32 Å². The molecule has 0 aromatic rings. The zero-order valence-electron chi connectivity index (χ0n) is 9.64. The molecule has 1 saturated heterocycles. The summed E-state index contributed by atoms with van der Waals surface area (Å²) in [5.74, 6) is 1.17. The van der Waals surface area contributed by atoms with Gasteiger partial charge in [-0.2, -0.15) is 0 Å². The first-order chi connectivity index (χ1) is 7.16. The molecule has 1 N–H and O–H groups in total. The summed E-state index contributed by atoms with van der Waals surface area (Å²) >= 11 is 0. The summed E-state index contributed by atoms with van der Waals surface area (Å²) in [7, 11) is 0. The maximum Gasteiger partial charge on any atom is 0.221 e. The van der Waals surface area contributed by atoms with E-state index in [1.807, 2.05) is 0 Å². The third-order valence-corrected chi connectivity index (χ3v) is 5.08. The summed E-state index contributed by atoms with van der Waals surface area (Å²) in [4.78, 5) is 11.7. The van der Waals surface area contributed by atoms with Crippen LogP contribution in [0.2, 0.25) is 0 Å². The van der Waals surface area contributed by atoms with Gasteiger partial charge in [0.2, 0.25) is 5.91 Å². The second-order valence-corrected chi connectivity index (χ2v) is 6.16. The number of carbonyl (C=O) groups excluding carboxylic acids is 1. The van der Waals surface area contributed by atoms with Crippen LogP contribution < -0.4 is 5.32 Å². The summed E-state index contributed by atoms with van der Waals surface area (Å²) < 4.78 is 0. The fourth-order valence-electron chi connectivity index (χ4n) is 4.54. The second-order valence-electron chi connectivity index (χ2n) is 6.16. The second kappa shape index (κ2) is 2.99. The van der Waals surface area contributed by atoms with E-state index in [2.05, 4.69) is 12.2 Å². The monoisotopic (exact) mass is 207 g/mol. The molecule has 0 bridgehead atoms. The van der Waals surface area contributed by atoms with Crippen LogP contribution in [0.4, 0.5) is 0 Å². The molecular weight excluding hydrogens is 186 g/mol. The van der Waals surface area contributed by atoms with Gasteiger partial charge in [-0.05, 0) is 31.6 Å². The Hall–Kier alpha value is -0.530. The highest BCUT2D eigenvalue weighted by Gasteiger charge is 2.62. The van der Waals surface area contributed by atoms with Crippen molar-refractivity contribution in [3.8, 4) is 0 Å². The molecule has 3 aliphatic rings. The molecule has 2 aliphatic carbocycles. The van der Waals surface area contributed by atoms with Gasteiger partial charge in [-0.15, -0.1) is 0 Å². The Kier molecular flexibility index (Phi) is 1.93. The molecule has 0 aromatic carbocycles. The molecule has 0 atom stereocenters. The van der Waals surface area contributed by atoms with Crippen molar-refractivity contribution in [3.05, 3.63) is 0 Å². The van der Waals surface area contributed by atoms with Crippen molar-refractivity contribution < 1.29 is 4.79 Å². The minimum atomic E-state index is 0.217. The summed E-state index contributed by atoms with van der Waals surface area (Å²) in [6.45, 7) is 2.32. The molecule has 15 heavy (non-hydrogen) atoms. The van der Waals surface area contributed by atoms with Gasteiger partial charge >= 0.3 is 0 Å². The van der Waals surface area contributed by atoms with Crippen LogP contribution in [0.5, 0.6) is 0 Å². The van der Waals surface area contributed by atoms with Crippen molar-refractivity contribution in [3.63, 3.8) is 0 Å². The van der Waals surface area contributed by atoms with Gasteiger partial charge in [0.25, 0.3) is 0 Å². The van der Waals surface area contributed by atoms with Gasteiger partial charge < -0.3 is 5.32 Å². The van der Waals surface area contributed by atoms with Gasteiger partial charge in [0.15, 0.2) is 0 Å². The minimum Gasteiger partial charge on any atom is -0.350 e. The zero-order valence-corrected chi connectivity index (χ0v) is 9.64. The minimum absolute atomic E-state index is 0.217. The number of fused-ring (bicyclic) bond motifs is 1. The Balaban J connectivity index is 1.88. The SMILES string of the molecule is CC1CC2(CC(=O)NC23CCCCC3)C1. The van der Waals surface area contributed by atoms with Crippen molar-refractivity contribution in [2.75, 3.05) is 0 Å². The third kappa shape index (κ3) is 1.20. The number of hydrogen-bond donors (Lipinski definition) is 1. The lowest BCUT2D eigenvalue weighted by atomic mass is 9.50. The largest absolute Gasteiger partial charge is 0.350 e. The van der Waals surface area contributed by atoms with Gasteiger partial charge in [0.05, 0.1) is 0 Å². The van der Waals surface area contributed by atoms with Gasteiger partial charge in [-0.3, -0.25) is 4.79 Å². The van der Waals surface area contributed by atoms with Crippen LogP contribution in [0.15, 0.2) is 0 Å².